The van der Waals surface area contributed by atoms with Gasteiger partial charge in [-0.2, -0.15) is 0 Å². The number of carboxylic acids is 1. The molecule has 0 amide bonds. The highest BCUT2D eigenvalue weighted by molar-refractivity contribution is 5.66. The number of nitrogens with two attached hydrogens (primary N) is 1. The number of aliphatic hydroxyl groups excluding tert-OH is 1. The lowest BCUT2D eigenvalue weighted by Gasteiger charge is -2.62. The Morgan fingerprint density at radius 3 is 2.52 bits per heavy atom. The molecule has 10 atom stereocenters. The molecule has 4 aliphatic rings. The summed E-state index contributed by atoms with van der Waals surface area (Å²) in [5.74, 6) is 2.68. The van der Waals surface area contributed by atoms with Gasteiger partial charge in [-0.1, -0.05) is 20.8 Å². The van der Waals surface area contributed by atoms with E-state index in [1.54, 1.807) is 0 Å². The van der Waals surface area contributed by atoms with Gasteiger partial charge >= 0.3 is 5.97 Å². The van der Waals surface area contributed by atoms with E-state index in [2.05, 4.69) is 26.1 Å². The van der Waals surface area contributed by atoms with Crippen molar-refractivity contribution in [2.45, 2.75) is 97.1 Å². The van der Waals surface area contributed by atoms with E-state index in [0.717, 1.165) is 19.4 Å². The molecular weight excluding hydrogens is 388 g/mol. The third-order valence-electron chi connectivity index (χ3n) is 10.8. The molecule has 0 bridgehead atoms. The second-order valence-electron chi connectivity index (χ2n) is 12.1. The second kappa shape index (κ2) is 8.95. The topological polar surface area (TPSA) is 95.6 Å². The summed E-state index contributed by atoms with van der Waals surface area (Å²) in [6.07, 6.45) is 10.5. The van der Waals surface area contributed by atoms with E-state index in [0.29, 0.717) is 53.5 Å². The highest BCUT2D eigenvalue weighted by atomic mass is 16.4. The Morgan fingerprint density at radius 2 is 1.81 bits per heavy atom. The van der Waals surface area contributed by atoms with E-state index >= 15 is 0 Å². The minimum absolute atomic E-state index is 0.172. The zero-order valence-electron chi connectivity index (χ0n) is 20.0. The zero-order chi connectivity index (χ0) is 22.4. The molecule has 0 aromatic carbocycles. The summed E-state index contributed by atoms with van der Waals surface area (Å²) >= 11 is 0. The van der Waals surface area contributed by atoms with Crippen molar-refractivity contribution < 1.29 is 15.0 Å². The molecule has 5 unspecified atom stereocenters. The molecular formula is C26H46N2O3. The Bertz CT molecular complexity index is 657. The summed E-state index contributed by atoms with van der Waals surface area (Å²) in [4.78, 5) is 11.1. The molecule has 5 N–H and O–H groups in total. The standard InChI is InChI=1S/C26H46N2O3/c1-16(4-7-23(30)31)19-5-6-20-24-21(9-11-26(19,20)3)25(2)10-8-18(28-13-12-27)14-17(25)15-22(24)29/h16-22,24,28-29H,4-15,27H2,1-3H3,(H,30,31)/t16?,17-,18+,19+,20?,21?,22?,24?,25-,26+/m0/s1. The molecule has 31 heavy (non-hydrogen) atoms. The van der Waals surface area contributed by atoms with Crippen LogP contribution >= 0.6 is 0 Å². The van der Waals surface area contributed by atoms with Gasteiger partial charge in [0.2, 0.25) is 0 Å². The van der Waals surface area contributed by atoms with Gasteiger partial charge in [0.1, 0.15) is 0 Å². The van der Waals surface area contributed by atoms with Crippen LogP contribution in [-0.4, -0.2) is 41.4 Å². The minimum atomic E-state index is -0.673. The average Bonchev–Trinajstić information content (AvgIpc) is 3.08. The third-order valence-corrected chi connectivity index (χ3v) is 10.8. The van der Waals surface area contributed by atoms with Crippen molar-refractivity contribution in [1.29, 1.82) is 0 Å². The number of nitrogens with one attached hydrogen (secondary N) is 1. The first-order chi connectivity index (χ1) is 14.7. The van der Waals surface area contributed by atoms with E-state index in [-0.39, 0.29) is 17.9 Å². The van der Waals surface area contributed by atoms with Crippen molar-refractivity contribution in [2.75, 3.05) is 13.1 Å². The Balaban J connectivity index is 1.50. The van der Waals surface area contributed by atoms with Gasteiger partial charge in [0.05, 0.1) is 6.10 Å². The summed E-state index contributed by atoms with van der Waals surface area (Å²) in [5.41, 5.74) is 6.34. The molecule has 0 saturated heterocycles. The Morgan fingerprint density at radius 1 is 1.10 bits per heavy atom. The van der Waals surface area contributed by atoms with Crippen molar-refractivity contribution in [3.05, 3.63) is 0 Å². The van der Waals surface area contributed by atoms with Gasteiger partial charge in [-0.15, -0.1) is 0 Å². The van der Waals surface area contributed by atoms with Gasteiger partial charge in [0.25, 0.3) is 0 Å². The summed E-state index contributed by atoms with van der Waals surface area (Å²) in [7, 11) is 0. The number of fused-ring (bicyclic) bond motifs is 5. The van der Waals surface area contributed by atoms with Crippen molar-refractivity contribution in [3.8, 4) is 0 Å². The predicted molar refractivity (Wildman–Crippen MR) is 123 cm³/mol. The van der Waals surface area contributed by atoms with E-state index in [4.69, 9.17) is 10.8 Å². The van der Waals surface area contributed by atoms with Crippen LogP contribution in [0.5, 0.6) is 0 Å². The molecule has 4 rings (SSSR count). The van der Waals surface area contributed by atoms with Gasteiger partial charge in [0, 0.05) is 25.6 Å². The lowest BCUT2D eigenvalue weighted by atomic mass is 9.43. The first kappa shape index (κ1) is 23.5. The van der Waals surface area contributed by atoms with Crippen LogP contribution < -0.4 is 11.1 Å². The molecule has 4 fully saturated rings. The second-order valence-corrected chi connectivity index (χ2v) is 12.1. The number of aliphatic carboxylic acids is 1. The fraction of sp³-hybridized carbons (Fsp3) is 0.962. The normalized spacial score (nSPS) is 47.8. The number of carboxylic acid groups (broad SMARTS) is 1. The molecule has 0 aromatic rings. The van der Waals surface area contributed by atoms with Crippen LogP contribution in [0.1, 0.15) is 85.0 Å². The Kier molecular flexibility index (Phi) is 6.78. The van der Waals surface area contributed by atoms with Crippen molar-refractivity contribution in [3.63, 3.8) is 0 Å². The van der Waals surface area contributed by atoms with Crippen molar-refractivity contribution in [2.24, 2.45) is 52.1 Å². The minimum Gasteiger partial charge on any atom is -0.481 e. The first-order valence-electron chi connectivity index (χ1n) is 13.0. The molecule has 0 heterocycles. The van der Waals surface area contributed by atoms with Crippen LogP contribution in [0.4, 0.5) is 0 Å². The summed E-state index contributed by atoms with van der Waals surface area (Å²) in [6, 6.07) is 0.560. The molecule has 4 saturated carbocycles. The fourth-order valence-electron chi connectivity index (χ4n) is 9.22. The summed E-state index contributed by atoms with van der Waals surface area (Å²) in [5, 5.41) is 24.3. The van der Waals surface area contributed by atoms with Gasteiger partial charge in [0.15, 0.2) is 0 Å². The number of aliphatic hydroxyl groups is 1. The van der Waals surface area contributed by atoms with Gasteiger partial charge in [-0.3, -0.25) is 4.79 Å². The maximum absolute atomic E-state index is 11.5. The number of hydrogen-bond acceptors (Lipinski definition) is 4. The molecule has 5 heteroatoms. The van der Waals surface area contributed by atoms with Crippen LogP contribution in [0, 0.1) is 46.3 Å². The largest absolute Gasteiger partial charge is 0.481 e. The van der Waals surface area contributed by atoms with Crippen molar-refractivity contribution >= 4 is 5.97 Å². The predicted octanol–water partition coefficient (Wildman–Crippen LogP) is 4.03. The SMILES string of the molecule is CC(CCC(=O)O)[C@H]1CCC2C3C(O)C[C@@H]4C[C@H](NCCN)CC[C@]4(C)C3CC[C@@]21C. The molecule has 178 valence electrons. The molecule has 0 spiro atoms. The van der Waals surface area contributed by atoms with Crippen LogP contribution in [-0.2, 0) is 4.79 Å². The maximum atomic E-state index is 11.5. The zero-order valence-corrected chi connectivity index (χ0v) is 20.0. The Labute approximate surface area is 188 Å². The molecule has 0 aromatic heterocycles. The average molecular weight is 435 g/mol. The van der Waals surface area contributed by atoms with Crippen LogP contribution in [0.25, 0.3) is 0 Å². The number of carbonyl (C=O) groups is 1. The summed E-state index contributed by atoms with van der Waals surface area (Å²) in [6.45, 7) is 8.89. The van der Waals surface area contributed by atoms with E-state index in [9.17, 15) is 9.90 Å². The molecule has 0 aliphatic heterocycles. The van der Waals surface area contributed by atoms with E-state index < -0.39 is 5.97 Å². The highest BCUT2D eigenvalue weighted by Crippen LogP contribution is 2.68. The van der Waals surface area contributed by atoms with Crippen LogP contribution in [0.2, 0.25) is 0 Å². The molecule has 4 aliphatic carbocycles. The maximum Gasteiger partial charge on any atom is 0.303 e. The highest BCUT2D eigenvalue weighted by Gasteiger charge is 2.62. The lowest BCUT2D eigenvalue weighted by molar-refractivity contribution is -0.167. The van der Waals surface area contributed by atoms with Gasteiger partial charge in [-0.05, 0) is 104 Å². The molecule has 0 radical (unpaired) electrons. The summed E-state index contributed by atoms with van der Waals surface area (Å²) < 4.78 is 0. The Hall–Kier alpha value is -0.650. The smallest absolute Gasteiger partial charge is 0.303 e. The van der Waals surface area contributed by atoms with E-state index in [1.807, 2.05) is 0 Å². The first-order valence-corrected chi connectivity index (χ1v) is 13.0. The quantitative estimate of drug-likeness (QED) is 0.485. The lowest BCUT2D eigenvalue weighted by Crippen LogP contribution is -2.59. The number of rotatable bonds is 7. The monoisotopic (exact) mass is 434 g/mol. The van der Waals surface area contributed by atoms with Gasteiger partial charge < -0.3 is 21.3 Å². The van der Waals surface area contributed by atoms with Crippen molar-refractivity contribution in [1.82, 2.24) is 5.32 Å². The van der Waals surface area contributed by atoms with Crippen LogP contribution in [0.15, 0.2) is 0 Å². The number of hydrogen-bond donors (Lipinski definition) is 4. The van der Waals surface area contributed by atoms with Gasteiger partial charge in [-0.25, -0.2) is 0 Å². The molecule has 5 nitrogen and oxygen atoms in total. The fourth-order valence-corrected chi connectivity index (χ4v) is 9.22. The van der Waals surface area contributed by atoms with E-state index in [1.165, 1.54) is 44.9 Å². The van der Waals surface area contributed by atoms with Crippen LogP contribution in [0.3, 0.4) is 0 Å². The third kappa shape index (κ3) is 4.08.